The molecule has 90 valence electrons. The number of pyridine rings is 1. The average Bonchev–Trinajstić information content (AvgIpc) is 2.11. The topological polar surface area (TPSA) is 77.0 Å². The van der Waals surface area contributed by atoms with Crippen LogP contribution in [0.15, 0.2) is 12.1 Å². The molecule has 1 aromatic rings. The summed E-state index contributed by atoms with van der Waals surface area (Å²) in [6.45, 7) is 9.56. The third kappa shape index (κ3) is 3.70. The van der Waals surface area contributed by atoms with E-state index in [1.54, 1.807) is 0 Å². The molecule has 5 N–H and O–H groups in total. The van der Waals surface area contributed by atoms with Gasteiger partial charge in [-0.3, -0.25) is 0 Å². The fourth-order valence-electron chi connectivity index (χ4n) is 1.31. The summed E-state index contributed by atoms with van der Waals surface area (Å²) in [6, 6.07) is 4.11. The maximum atomic E-state index is 5.63. The maximum absolute atomic E-state index is 5.63. The molecule has 0 saturated heterocycles. The molecule has 0 radical (unpaired) electrons. The van der Waals surface area contributed by atoms with Crippen molar-refractivity contribution in [2.45, 2.75) is 40.3 Å². The lowest BCUT2D eigenvalue weighted by Gasteiger charge is -2.28. The first kappa shape index (κ1) is 12.8. The molecular formula is C12H22N4. The van der Waals surface area contributed by atoms with Crippen LogP contribution in [0.5, 0.6) is 0 Å². The highest BCUT2D eigenvalue weighted by Gasteiger charge is 2.18. The molecule has 1 aromatic heterocycles. The number of nitrogens with one attached hydrogen (secondary N) is 1. The zero-order valence-electron chi connectivity index (χ0n) is 10.5. The summed E-state index contributed by atoms with van der Waals surface area (Å²) >= 11 is 0. The molecule has 0 aromatic carbocycles. The van der Waals surface area contributed by atoms with Crippen LogP contribution in [0.1, 0.15) is 33.3 Å². The zero-order valence-corrected chi connectivity index (χ0v) is 10.5. The van der Waals surface area contributed by atoms with Crippen LogP contribution in [0.3, 0.4) is 0 Å². The van der Waals surface area contributed by atoms with Gasteiger partial charge in [-0.05, 0) is 30.0 Å². The Morgan fingerprint density at radius 2 is 1.75 bits per heavy atom. The number of nitrogen functional groups attached to an aromatic ring is 2. The third-order valence-electron chi connectivity index (χ3n) is 2.84. The van der Waals surface area contributed by atoms with E-state index in [2.05, 4.69) is 38.0 Å². The Balaban J connectivity index is 2.61. The monoisotopic (exact) mass is 222 g/mol. The fourth-order valence-corrected chi connectivity index (χ4v) is 1.31. The summed E-state index contributed by atoms with van der Waals surface area (Å²) in [5, 5.41) is 3.45. The molecule has 0 aliphatic rings. The first-order valence-electron chi connectivity index (χ1n) is 5.54. The van der Waals surface area contributed by atoms with Crippen molar-refractivity contribution in [3.8, 4) is 0 Å². The molecule has 1 unspecified atom stereocenters. The standard InChI is InChI=1S/C12H22N4/c1-8(12(2,3)4)15-7-9-5-10(13)16-11(14)6-9/h5-6,8,15H,7H2,1-4H3,(H4,13,14,16). The molecule has 4 nitrogen and oxygen atoms in total. The molecule has 1 rings (SSSR count). The van der Waals surface area contributed by atoms with Crippen molar-refractivity contribution in [3.63, 3.8) is 0 Å². The molecule has 1 atom stereocenters. The molecule has 0 spiro atoms. The van der Waals surface area contributed by atoms with Gasteiger partial charge in [0.05, 0.1) is 0 Å². The second-order valence-corrected chi connectivity index (χ2v) is 5.29. The van der Waals surface area contributed by atoms with Crippen LogP contribution in [0.2, 0.25) is 0 Å². The lowest BCUT2D eigenvalue weighted by molar-refractivity contribution is 0.285. The van der Waals surface area contributed by atoms with Crippen molar-refractivity contribution in [2.75, 3.05) is 11.5 Å². The normalized spacial score (nSPS) is 13.8. The van der Waals surface area contributed by atoms with Gasteiger partial charge in [0.25, 0.3) is 0 Å². The van der Waals surface area contributed by atoms with Gasteiger partial charge in [-0.25, -0.2) is 4.98 Å². The Bertz CT molecular complexity index is 334. The van der Waals surface area contributed by atoms with Crippen LogP contribution in [-0.2, 0) is 6.54 Å². The molecule has 0 saturated carbocycles. The van der Waals surface area contributed by atoms with Crippen LogP contribution in [-0.4, -0.2) is 11.0 Å². The average molecular weight is 222 g/mol. The van der Waals surface area contributed by atoms with Gasteiger partial charge in [0, 0.05) is 12.6 Å². The minimum Gasteiger partial charge on any atom is -0.384 e. The number of aromatic nitrogens is 1. The van der Waals surface area contributed by atoms with Gasteiger partial charge in [-0.2, -0.15) is 0 Å². The number of hydrogen-bond acceptors (Lipinski definition) is 4. The molecule has 0 bridgehead atoms. The Labute approximate surface area is 97.4 Å². The van der Waals surface area contributed by atoms with Crippen molar-refractivity contribution in [1.82, 2.24) is 10.3 Å². The van der Waals surface area contributed by atoms with Gasteiger partial charge in [0.2, 0.25) is 0 Å². The lowest BCUT2D eigenvalue weighted by atomic mass is 9.88. The van der Waals surface area contributed by atoms with Crippen molar-refractivity contribution in [3.05, 3.63) is 17.7 Å². The van der Waals surface area contributed by atoms with E-state index in [4.69, 9.17) is 11.5 Å². The third-order valence-corrected chi connectivity index (χ3v) is 2.84. The number of hydrogen-bond donors (Lipinski definition) is 3. The van der Waals surface area contributed by atoms with E-state index in [9.17, 15) is 0 Å². The number of nitrogens with two attached hydrogens (primary N) is 2. The van der Waals surface area contributed by atoms with Gasteiger partial charge in [0.1, 0.15) is 11.6 Å². The maximum Gasteiger partial charge on any atom is 0.126 e. The Morgan fingerprint density at radius 1 is 1.25 bits per heavy atom. The van der Waals surface area contributed by atoms with Gasteiger partial charge in [0.15, 0.2) is 0 Å². The predicted octanol–water partition coefficient (Wildman–Crippen LogP) is 1.77. The van der Waals surface area contributed by atoms with E-state index < -0.39 is 0 Å². The Hall–Kier alpha value is -1.29. The molecule has 4 heteroatoms. The molecule has 0 fully saturated rings. The molecule has 0 aliphatic heterocycles. The SMILES string of the molecule is CC(NCc1cc(N)nc(N)c1)C(C)(C)C. The minimum absolute atomic E-state index is 0.240. The smallest absolute Gasteiger partial charge is 0.126 e. The first-order chi connectivity index (χ1) is 7.29. The number of nitrogens with zero attached hydrogens (tertiary/aromatic N) is 1. The van der Waals surface area contributed by atoms with E-state index in [-0.39, 0.29) is 5.41 Å². The quantitative estimate of drug-likeness (QED) is 0.728. The van der Waals surface area contributed by atoms with Crippen molar-refractivity contribution < 1.29 is 0 Å². The largest absolute Gasteiger partial charge is 0.384 e. The van der Waals surface area contributed by atoms with Crippen LogP contribution in [0, 0.1) is 5.41 Å². The van der Waals surface area contributed by atoms with E-state index in [1.807, 2.05) is 12.1 Å². The zero-order chi connectivity index (χ0) is 12.3. The molecule has 1 heterocycles. The highest BCUT2D eigenvalue weighted by molar-refractivity contribution is 5.43. The lowest BCUT2D eigenvalue weighted by Crippen LogP contribution is -2.37. The fraction of sp³-hybridized carbons (Fsp3) is 0.583. The summed E-state index contributed by atoms with van der Waals surface area (Å²) in [6.07, 6.45) is 0. The molecule has 16 heavy (non-hydrogen) atoms. The van der Waals surface area contributed by atoms with Crippen molar-refractivity contribution in [1.29, 1.82) is 0 Å². The highest BCUT2D eigenvalue weighted by atomic mass is 14.9. The van der Waals surface area contributed by atoms with Gasteiger partial charge < -0.3 is 16.8 Å². The van der Waals surface area contributed by atoms with Crippen molar-refractivity contribution in [2.24, 2.45) is 5.41 Å². The Kier molecular flexibility index (Phi) is 3.75. The van der Waals surface area contributed by atoms with Crippen LogP contribution in [0.25, 0.3) is 0 Å². The van der Waals surface area contributed by atoms with Crippen LogP contribution >= 0.6 is 0 Å². The van der Waals surface area contributed by atoms with Crippen LogP contribution in [0.4, 0.5) is 11.6 Å². The van der Waals surface area contributed by atoms with E-state index in [0.29, 0.717) is 17.7 Å². The number of anilines is 2. The van der Waals surface area contributed by atoms with Crippen LogP contribution < -0.4 is 16.8 Å². The second-order valence-electron chi connectivity index (χ2n) is 5.29. The molecule has 0 amide bonds. The second kappa shape index (κ2) is 4.70. The summed E-state index contributed by atoms with van der Waals surface area (Å²) in [5.41, 5.74) is 12.6. The number of rotatable bonds is 3. The summed E-state index contributed by atoms with van der Waals surface area (Å²) < 4.78 is 0. The highest BCUT2D eigenvalue weighted by Crippen LogP contribution is 2.19. The summed E-state index contributed by atoms with van der Waals surface area (Å²) in [5.74, 6) is 0.945. The predicted molar refractivity (Wildman–Crippen MR) is 68.8 cm³/mol. The van der Waals surface area contributed by atoms with Gasteiger partial charge >= 0.3 is 0 Å². The van der Waals surface area contributed by atoms with Gasteiger partial charge in [-0.15, -0.1) is 0 Å². The first-order valence-corrected chi connectivity index (χ1v) is 5.54. The molecule has 0 aliphatic carbocycles. The van der Waals surface area contributed by atoms with Crippen molar-refractivity contribution >= 4 is 11.6 Å². The summed E-state index contributed by atoms with van der Waals surface area (Å²) in [4.78, 5) is 3.94. The van der Waals surface area contributed by atoms with E-state index in [1.165, 1.54) is 0 Å². The minimum atomic E-state index is 0.240. The molecular weight excluding hydrogens is 200 g/mol. The van der Waals surface area contributed by atoms with E-state index >= 15 is 0 Å². The Morgan fingerprint density at radius 3 is 2.19 bits per heavy atom. The van der Waals surface area contributed by atoms with E-state index in [0.717, 1.165) is 12.1 Å². The summed E-state index contributed by atoms with van der Waals surface area (Å²) in [7, 11) is 0. The van der Waals surface area contributed by atoms with Gasteiger partial charge in [-0.1, -0.05) is 20.8 Å².